The second-order valence-corrected chi connectivity index (χ2v) is 14.3. The van der Waals surface area contributed by atoms with Gasteiger partial charge < -0.3 is 24.1 Å². The molecule has 0 radical (unpaired) electrons. The number of carboxylic acid groups (broad SMARTS) is 1. The molecule has 0 saturated carbocycles. The van der Waals surface area contributed by atoms with Gasteiger partial charge in [0, 0.05) is 38.1 Å². The molecule has 0 aliphatic carbocycles. The molecule has 0 bridgehead atoms. The first-order valence-electron chi connectivity index (χ1n) is 19.4. The standard InChI is InChI=1S/C45H51N3O10/c49-40(50)21-22-45(48(29-43(53)57-33-38-17-9-3-10-18-38)30-44(54)58-34-39-19-11-4-12-20-39)23-24-46(27-41(51)55-31-36-13-5-1-6-14-36)25-26-47(35-45)28-42(52)56-32-37-15-7-2-8-16-37/h1-20H,21-35H2,(H,49,50). The van der Waals surface area contributed by atoms with Crippen LogP contribution in [-0.2, 0) is 69.3 Å². The highest BCUT2D eigenvalue weighted by atomic mass is 16.5. The summed E-state index contributed by atoms with van der Waals surface area (Å²) in [7, 11) is 0. The number of carbonyl (C=O) groups is 5. The van der Waals surface area contributed by atoms with Crippen molar-refractivity contribution in [2.75, 3.05) is 52.4 Å². The first kappa shape index (κ1) is 43.2. The number of ether oxygens (including phenoxy) is 4. The largest absolute Gasteiger partial charge is 0.481 e. The second kappa shape index (κ2) is 22.7. The van der Waals surface area contributed by atoms with Crippen molar-refractivity contribution >= 4 is 29.8 Å². The quantitative estimate of drug-likeness (QED) is 0.0958. The SMILES string of the molecule is O=C(O)CCC1(N(CC(=O)OCc2ccccc2)CC(=O)OCc2ccccc2)CCN(CC(=O)OCc2ccccc2)CCN(CC(=O)OCc2ccccc2)C1. The second-order valence-electron chi connectivity index (χ2n) is 14.3. The van der Waals surface area contributed by atoms with Crippen LogP contribution in [-0.4, -0.2) is 108 Å². The maximum absolute atomic E-state index is 13.7. The zero-order valence-electron chi connectivity index (χ0n) is 32.6. The molecule has 13 nitrogen and oxygen atoms in total. The summed E-state index contributed by atoms with van der Waals surface area (Å²) >= 11 is 0. The van der Waals surface area contributed by atoms with E-state index in [0.717, 1.165) is 22.3 Å². The number of carbonyl (C=O) groups excluding carboxylic acids is 4. The Morgan fingerprint density at radius 2 is 0.879 bits per heavy atom. The van der Waals surface area contributed by atoms with Gasteiger partial charge in [0.1, 0.15) is 26.4 Å². The summed E-state index contributed by atoms with van der Waals surface area (Å²) in [5.74, 6) is -3.31. The van der Waals surface area contributed by atoms with Crippen LogP contribution in [0.4, 0.5) is 0 Å². The summed E-state index contributed by atoms with van der Waals surface area (Å²) in [6.07, 6.45) is -0.0815. The third-order valence-corrected chi connectivity index (χ3v) is 9.93. The maximum Gasteiger partial charge on any atom is 0.320 e. The smallest absolute Gasteiger partial charge is 0.320 e. The van der Waals surface area contributed by atoms with E-state index in [0.29, 0.717) is 13.1 Å². The lowest BCUT2D eigenvalue weighted by molar-refractivity contribution is -0.156. The van der Waals surface area contributed by atoms with Gasteiger partial charge >= 0.3 is 29.8 Å². The number of nitrogens with zero attached hydrogens (tertiary/aromatic N) is 3. The molecule has 306 valence electrons. The van der Waals surface area contributed by atoms with E-state index in [1.165, 1.54) is 0 Å². The van der Waals surface area contributed by atoms with Crippen LogP contribution >= 0.6 is 0 Å². The van der Waals surface area contributed by atoms with E-state index >= 15 is 0 Å². The van der Waals surface area contributed by atoms with Crippen molar-refractivity contribution in [3.05, 3.63) is 144 Å². The Morgan fingerprint density at radius 1 is 0.517 bits per heavy atom. The molecule has 1 saturated heterocycles. The third kappa shape index (κ3) is 14.9. The molecule has 1 unspecified atom stereocenters. The molecule has 13 heteroatoms. The minimum atomic E-state index is -1.19. The minimum absolute atomic E-state index is 0.00210. The number of aliphatic carboxylic acids is 1. The molecule has 5 rings (SSSR count). The molecule has 1 fully saturated rings. The monoisotopic (exact) mass is 793 g/mol. The lowest BCUT2D eigenvalue weighted by atomic mass is 9.85. The van der Waals surface area contributed by atoms with Gasteiger partial charge in [-0.1, -0.05) is 121 Å². The topological polar surface area (TPSA) is 152 Å². The Hall–Kier alpha value is -5.89. The number of benzene rings is 4. The number of carboxylic acids is 1. The van der Waals surface area contributed by atoms with E-state index in [1.54, 1.807) is 4.90 Å². The van der Waals surface area contributed by atoms with Gasteiger partial charge in [0.2, 0.25) is 0 Å². The fraction of sp³-hybridized carbons (Fsp3) is 0.356. The van der Waals surface area contributed by atoms with Crippen LogP contribution in [0.2, 0.25) is 0 Å². The van der Waals surface area contributed by atoms with Crippen molar-refractivity contribution in [2.45, 2.75) is 51.2 Å². The first-order chi connectivity index (χ1) is 28.2. The summed E-state index contributed by atoms with van der Waals surface area (Å²) in [6.45, 7) is 0.195. The minimum Gasteiger partial charge on any atom is -0.481 e. The van der Waals surface area contributed by atoms with Gasteiger partial charge in [-0.3, -0.25) is 38.7 Å². The molecule has 1 N–H and O–H groups in total. The predicted octanol–water partition coefficient (Wildman–Crippen LogP) is 4.87. The molecule has 0 spiro atoms. The van der Waals surface area contributed by atoms with E-state index in [1.807, 2.05) is 131 Å². The van der Waals surface area contributed by atoms with Crippen molar-refractivity contribution in [1.82, 2.24) is 14.7 Å². The molecule has 4 aromatic rings. The molecule has 4 aromatic carbocycles. The summed E-state index contributed by atoms with van der Waals surface area (Å²) in [5.41, 5.74) is 2.00. The average molecular weight is 794 g/mol. The Morgan fingerprint density at radius 3 is 1.28 bits per heavy atom. The van der Waals surface area contributed by atoms with Crippen LogP contribution in [0.25, 0.3) is 0 Å². The molecule has 58 heavy (non-hydrogen) atoms. The van der Waals surface area contributed by atoms with Crippen molar-refractivity contribution in [3.63, 3.8) is 0 Å². The highest BCUT2D eigenvalue weighted by Gasteiger charge is 2.43. The average Bonchev–Trinajstić information content (AvgIpc) is 3.23. The number of hydrogen-bond acceptors (Lipinski definition) is 12. The van der Waals surface area contributed by atoms with Gasteiger partial charge in [-0.15, -0.1) is 0 Å². The molecule has 1 aliphatic rings. The summed E-state index contributed by atoms with van der Waals surface area (Å²) in [5, 5.41) is 10.0. The normalized spacial score (nSPS) is 16.1. The van der Waals surface area contributed by atoms with Crippen LogP contribution in [0.15, 0.2) is 121 Å². The fourth-order valence-corrected chi connectivity index (χ4v) is 6.79. The van der Waals surface area contributed by atoms with Gasteiger partial charge in [0.25, 0.3) is 0 Å². The van der Waals surface area contributed by atoms with E-state index < -0.39 is 35.4 Å². The molecule has 1 atom stereocenters. The van der Waals surface area contributed by atoms with Crippen LogP contribution in [0.1, 0.15) is 41.5 Å². The van der Waals surface area contributed by atoms with Gasteiger partial charge in [0.15, 0.2) is 0 Å². The lowest BCUT2D eigenvalue weighted by Crippen LogP contribution is -2.62. The van der Waals surface area contributed by atoms with Crippen molar-refractivity contribution < 1.29 is 48.0 Å². The van der Waals surface area contributed by atoms with Crippen molar-refractivity contribution in [2.24, 2.45) is 0 Å². The van der Waals surface area contributed by atoms with Gasteiger partial charge in [0.05, 0.1) is 26.2 Å². The molecule has 0 aromatic heterocycles. The maximum atomic E-state index is 13.7. The molecule has 0 amide bonds. The van der Waals surface area contributed by atoms with Crippen LogP contribution in [0.3, 0.4) is 0 Å². The summed E-state index contributed by atoms with van der Waals surface area (Å²) in [4.78, 5) is 71.4. The highest BCUT2D eigenvalue weighted by molar-refractivity contribution is 5.76. The number of esters is 4. The Balaban J connectivity index is 1.41. The van der Waals surface area contributed by atoms with Gasteiger partial charge in [-0.25, -0.2) is 0 Å². The lowest BCUT2D eigenvalue weighted by Gasteiger charge is -2.48. The van der Waals surface area contributed by atoms with Crippen molar-refractivity contribution in [1.29, 1.82) is 0 Å². The highest BCUT2D eigenvalue weighted by Crippen LogP contribution is 2.30. The van der Waals surface area contributed by atoms with E-state index in [2.05, 4.69) is 0 Å². The Bertz CT molecular complexity index is 1840. The zero-order chi connectivity index (χ0) is 41.0. The third-order valence-electron chi connectivity index (χ3n) is 9.93. The van der Waals surface area contributed by atoms with Gasteiger partial charge in [-0.05, 0) is 35.1 Å². The number of hydrogen-bond donors (Lipinski definition) is 1. The Labute approximate surface area is 339 Å². The first-order valence-corrected chi connectivity index (χ1v) is 19.4. The van der Waals surface area contributed by atoms with Crippen LogP contribution in [0, 0.1) is 0 Å². The summed E-state index contributed by atoms with van der Waals surface area (Å²) < 4.78 is 22.6. The van der Waals surface area contributed by atoms with Gasteiger partial charge in [-0.2, -0.15) is 0 Å². The van der Waals surface area contributed by atoms with Crippen LogP contribution < -0.4 is 0 Å². The van der Waals surface area contributed by atoms with E-state index in [-0.39, 0.29) is 85.0 Å². The number of rotatable bonds is 20. The zero-order valence-corrected chi connectivity index (χ0v) is 32.6. The molecule has 1 aliphatic heterocycles. The molecule has 1 heterocycles. The molecular weight excluding hydrogens is 743 g/mol. The fourth-order valence-electron chi connectivity index (χ4n) is 6.79. The Kier molecular flexibility index (Phi) is 17.0. The van der Waals surface area contributed by atoms with Crippen molar-refractivity contribution in [3.8, 4) is 0 Å². The summed E-state index contributed by atoms with van der Waals surface area (Å²) in [6, 6.07) is 36.9. The predicted molar refractivity (Wildman–Crippen MR) is 214 cm³/mol. The van der Waals surface area contributed by atoms with E-state index in [9.17, 15) is 29.1 Å². The van der Waals surface area contributed by atoms with E-state index in [4.69, 9.17) is 18.9 Å². The molecular formula is C45H51N3O10. The van der Waals surface area contributed by atoms with Crippen LogP contribution in [0.5, 0.6) is 0 Å².